The summed E-state index contributed by atoms with van der Waals surface area (Å²) in [5.74, 6) is -5.70. The molecule has 0 saturated heterocycles. The molecule has 0 unspecified atom stereocenters. The summed E-state index contributed by atoms with van der Waals surface area (Å²) in [5.41, 5.74) is 6.60. The Bertz CT molecular complexity index is 1680. The first-order valence-electron chi connectivity index (χ1n) is 20.1. The van der Waals surface area contributed by atoms with E-state index in [2.05, 4.69) is 70.4 Å². The van der Waals surface area contributed by atoms with Crippen LogP contribution in [0.1, 0.15) is 93.5 Å². The van der Waals surface area contributed by atoms with Gasteiger partial charge in [0.1, 0.15) is 24.2 Å². The SMILES string of the molecule is CCCC[C@H](NC(=O)[C@H](CCC(N)=O)NC(=O)[C@H](CO)NC(=O)[C@H](Cc1ccccc1)NC(=O)CCCCCNC(=O)c1ccc([125I])cc1)C(=O)N[C@H](CCCBr)B(O)O. The van der Waals surface area contributed by atoms with Crippen LogP contribution in [0.15, 0.2) is 54.6 Å². The lowest BCUT2D eigenvalue weighted by atomic mass is 9.76. The Balaban J connectivity index is 2.10. The van der Waals surface area contributed by atoms with Crippen molar-refractivity contribution in [1.29, 1.82) is 0 Å². The number of nitrogens with one attached hydrogen (secondary N) is 6. The fourth-order valence-electron chi connectivity index (χ4n) is 5.94. The average Bonchev–Trinajstić information content (AvgIpc) is 3.22. The van der Waals surface area contributed by atoms with E-state index < -0.39 is 79.3 Å². The highest BCUT2D eigenvalue weighted by atomic mass is 125. The number of aliphatic hydroxyl groups excluding tert-OH is 1. The van der Waals surface area contributed by atoms with Crippen LogP contribution in [0.25, 0.3) is 0 Å². The maximum atomic E-state index is 13.6. The van der Waals surface area contributed by atoms with E-state index in [-0.39, 0.29) is 44.4 Å². The topological polar surface area (TPSA) is 278 Å². The van der Waals surface area contributed by atoms with E-state index in [9.17, 15) is 48.7 Å². The zero-order valence-corrected chi connectivity index (χ0v) is 37.5. The fraction of sp³-hybridized carbons (Fsp3) is 0.525. The number of primary amides is 1. The molecule has 2 aromatic rings. The fourth-order valence-corrected chi connectivity index (χ4v) is 6.62. The van der Waals surface area contributed by atoms with Crippen molar-refractivity contribution in [2.24, 2.45) is 5.73 Å². The van der Waals surface area contributed by atoms with E-state index in [1.165, 1.54) is 0 Å². The number of halogens is 2. The molecule has 0 aliphatic carbocycles. The van der Waals surface area contributed by atoms with Gasteiger partial charge in [0.25, 0.3) is 5.91 Å². The highest BCUT2D eigenvalue weighted by Crippen LogP contribution is 2.10. The number of hydrogen-bond acceptors (Lipinski definition) is 10. The van der Waals surface area contributed by atoms with Gasteiger partial charge in [0.2, 0.25) is 35.4 Å². The molecule has 0 saturated carbocycles. The van der Waals surface area contributed by atoms with Gasteiger partial charge in [-0.05, 0) is 90.9 Å². The molecule has 0 spiro atoms. The van der Waals surface area contributed by atoms with Crippen molar-refractivity contribution in [3.05, 3.63) is 69.3 Å². The van der Waals surface area contributed by atoms with Gasteiger partial charge in [-0.2, -0.15) is 0 Å². The monoisotopic (exact) mass is 1010 g/mol. The Hall–Kier alpha value is -4.12. The van der Waals surface area contributed by atoms with Gasteiger partial charge in [0.15, 0.2) is 0 Å². The van der Waals surface area contributed by atoms with Crippen LogP contribution in [0.2, 0.25) is 0 Å². The van der Waals surface area contributed by atoms with Crippen LogP contribution in [-0.2, 0) is 35.2 Å². The molecular weight excluding hydrogens is 954 g/mol. The second kappa shape index (κ2) is 29.2. The number of rotatable bonds is 29. The lowest BCUT2D eigenvalue weighted by Gasteiger charge is -2.27. The third-order valence-electron chi connectivity index (χ3n) is 9.35. The van der Waals surface area contributed by atoms with Gasteiger partial charge >= 0.3 is 7.12 Å². The number of hydrogen-bond donors (Lipinski definition) is 10. The molecule has 17 nitrogen and oxygen atoms in total. The predicted octanol–water partition coefficient (Wildman–Crippen LogP) is 0.883. The Morgan fingerprint density at radius 3 is 1.90 bits per heavy atom. The van der Waals surface area contributed by atoms with E-state index >= 15 is 0 Å². The van der Waals surface area contributed by atoms with Gasteiger partial charge in [0.05, 0.1) is 12.5 Å². The quantitative estimate of drug-likeness (QED) is 0.0238. The number of carbonyl (C=O) groups is 7. The summed E-state index contributed by atoms with van der Waals surface area (Å²) in [6.45, 7) is 1.40. The van der Waals surface area contributed by atoms with E-state index in [4.69, 9.17) is 5.73 Å². The molecule has 0 fully saturated rings. The predicted molar refractivity (Wildman–Crippen MR) is 238 cm³/mol. The van der Waals surface area contributed by atoms with Crippen molar-refractivity contribution in [2.75, 3.05) is 18.5 Å². The van der Waals surface area contributed by atoms with Crippen LogP contribution in [0.5, 0.6) is 0 Å². The number of benzene rings is 2. The number of unbranched alkanes of at least 4 members (excludes halogenated alkanes) is 3. The minimum Gasteiger partial charge on any atom is -0.426 e. The summed E-state index contributed by atoms with van der Waals surface area (Å²) in [5, 5.41) is 46.0. The molecule has 5 atom stereocenters. The summed E-state index contributed by atoms with van der Waals surface area (Å²) in [6.07, 6.45) is 3.36. The lowest BCUT2D eigenvalue weighted by molar-refractivity contribution is -0.135. The van der Waals surface area contributed by atoms with Gasteiger partial charge < -0.3 is 52.8 Å². The van der Waals surface area contributed by atoms with E-state index in [0.717, 1.165) is 3.57 Å². The smallest absolute Gasteiger partial charge is 0.426 e. The first-order valence-corrected chi connectivity index (χ1v) is 22.3. The first-order chi connectivity index (χ1) is 28.7. The van der Waals surface area contributed by atoms with Crippen LogP contribution < -0.4 is 37.6 Å². The lowest BCUT2D eigenvalue weighted by Crippen LogP contribution is -2.60. The average molecular weight is 1010 g/mol. The number of aliphatic hydroxyl groups is 1. The van der Waals surface area contributed by atoms with E-state index in [1.54, 1.807) is 42.5 Å². The second-order valence-corrected chi connectivity index (χ2v) is 16.3. The second-order valence-electron chi connectivity index (χ2n) is 14.3. The van der Waals surface area contributed by atoms with E-state index in [0.29, 0.717) is 61.5 Å². The van der Waals surface area contributed by atoms with Gasteiger partial charge in [-0.15, -0.1) is 0 Å². The zero-order chi connectivity index (χ0) is 44.5. The molecule has 7 amide bonds. The Kier molecular flexibility index (Phi) is 25.3. The summed E-state index contributed by atoms with van der Waals surface area (Å²) in [4.78, 5) is 91.1. The molecular formula is C40H58BBrIN7O10. The van der Waals surface area contributed by atoms with Gasteiger partial charge in [-0.1, -0.05) is 72.4 Å². The molecule has 0 radical (unpaired) electrons. The Morgan fingerprint density at radius 2 is 1.30 bits per heavy atom. The van der Waals surface area contributed by atoms with Crippen molar-refractivity contribution < 1.29 is 48.7 Å². The van der Waals surface area contributed by atoms with Crippen molar-refractivity contribution in [3.63, 3.8) is 0 Å². The molecule has 0 aliphatic heterocycles. The summed E-state index contributed by atoms with van der Waals surface area (Å²) in [7, 11) is -1.86. The molecule has 0 bridgehead atoms. The van der Waals surface area contributed by atoms with Crippen molar-refractivity contribution in [3.8, 4) is 0 Å². The molecule has 60 heavy (non-hydrogen) atoms. The number of nitrogens with two attached hydrogens (primary N) is 1. The van der Waals surface area contributed by atoms with Crippen LogP contribution in [0.3, 0.4) is 0 Å². The molecule has 2 aromatic carbocycles. The summed E-state index contributed by atoms with van der Waals surface area (Å²) >= 11 is 5.43. The van der Waals surface area contributed by atoms with Gasteiger partial charge in [-0.25, -0.2) is 0 Å². The third kappa shape index (κ3) is 20.4. The molecule has 11 N–H and O–H groups in total. The van der Waals surface area contributed by atoms with Gasteiger partial charge in [0, 0.05) is 40.3 Å². The highest BCUT2D eigenvalue weighted by molar-refractivity contribution is 14.1. The first kappa shape index (κ1) is 52.0. The molecule has 20 heteroatoms. The highest BCUT2D eigenvalue weighted by Gasteiger charge is 2.33. The van der Waals surface area contributed by atoms with Gasteiger partial charge in [-0.3, -0.25) is 33.6 Å². The number of carbonyl (C=O) groups excluding carboxylic acids is 7. The minimum atomic E-state index is -1.86. The minimum absolute atomic E-state index is 0.0535. The van der Waals surface area contributed by atoms with Crippen LogP contribution in [0, 0.1) is 3.57 Å². The normalized spacial score (nSPS) is 13.4. The van der Waals surface area contributed by atoms with Crippen LogP contribution in [0.4, 0.5) is 0 Å². The van der Waals surface area contributed by atoms with Crippen molar-refractivity contribution in [2.45, 2.75) is 114 Å². The molecule has 2 rings (SSSR count). The summed E-state index contributed by atoms with van der Waals surface area (Å²) < 4.78 is 1.02. The summed E-state index contributed by atoms with van der Waals surface area (Å²) in [6, 6.07) is 10.7. The third-order valence-corrected chi connectivity index (χ3v) is 10.6. The molecule has 0 heterocycles. The molecule has 0 aromatic heterocycles. The van der Waals surface area contributed by atoms with Crippen molar-refractivity contribution in [1.82, 2.24) is 31.9 Å². The van der Waals surface area contributed by atoms with Crippen LogP contribution in [-0.4, -0.2) is 112 Å². The molecule has 330 valence electrons. The Morgan fingerprint density at radius 1 is 0.700 bits per heavy atom. The standard InChI is InChI=1S/C40H58BBrIN7O10/c1-2-3-13-29(38(56)50-33(41(59)60)14-10-22-42)47-37(55)30(20-21-34(44)52)48-40(58)32(25-51)49-39(57)31(24-26-11-6-4-7-12-26)46-35(53)15-8-5-9-23-45-36(54)27-16-18-28(43)19-17-27/h4,6-7,11-12,16-19,29-33,51,59-60H,2-3,5,8-10,13-15,20-25H2,1H3,(H2,44,52)(H,45,54)(H,46,53)(H,47,55)(H,48,58)(H,49,57)(H,50,56)/t29-,30-,31-,32-,33+/m0/s1/i43-2. The maximum Gasteiger partial charge on any atom is 0.475 e. The van der Waals surface area contributed by atoms with Crippen molar-refractivity contribution >= 4 is 87.0 Å². The van der Waals surface area contributed by atoms with Crippen LogP contribution >= 0.6 is 38.5 Å². The largest absolute Gasteiger partial charge is 0.475 e. The Labute approximate surface area is 373 Å². The number of alkyl halides is 1. The maximum absolute atomic E-state index is 13.6. The number of amides is 7. The van der Waals surface area contributed by atoms with E-state index in [1.807, 2.05) is 19.1 Å². The molecule has 0 aliphatic rings. The zero-order valence-electron chi connectivity index (χ0n) is 33.8.